The van der Waals surface area contributed by atoms with Crippen LogP contribution in [0, 0.1) is 0 Å². The van der Waals surface area contributed by atoms with E-state index in [1.165, 1.54) is 0 Å². The van der Waals surface area contributed by atoms with Crippen LogP contribution in [-0.2, 0) is 4.79 Å². The molecule has 0 aromatic carbocycles. The minimum Gasteiger partial charge on any atom is -0.427 e. The molecule has 0 fully saturated rings. The van der Waals surface area contributed by atoms with Gasteiger partial charge in [0.15, 0.2) is 0 Å². The summed E-state index contributed by atoms with van der Waals surface area (Å²) in [6.45, 7) is 0. The van der Waals surface area contributed by atoms with Gasteiger partial charge in [0.1, 0.15) is 0 Å². The summed E-state index contributed by atoms with van der Waals surface area (Å²) in [7, 11) is -1.28. The molecule has 0 radical (unpaired) electrons. The van der Waals surface area contributed by atoms with Crippen LogP contribution in [0.1, 0.15) is 19.3 Å². The highest BCUT2D eigenvalue weighted by molar-refractivity contribution is 6.43. The molecule has 1 aliphatic carbocycles. The van der Waals surface area contributed by atoms with Crippen LogP contribution < -0.4 is 5.73 Å². The topological polar surface area (TPSA) is 83.6 Å². The Labute approximate surface area is 71.2 Å². The molecule has 1 aliphatic rings. The van der Waals surface area contributed by atoms with Crippen molar-refractivity contribution in [2.45, 2.75) is 25.1 Å². The smallest absolute Gasteiger partial charge is 0.427 e. The summed E-state index contributed by atoms with van der Waals surface area (Å²) >= 11 is 0. The van der Waals surface area contributed by atoms with E-state index in [0.717, 1.165) is 0 Å². The monoisotopic (exact) mass is 169 g/mol. The summed E-state index contributed by atoms with van der Waals surface area (Å²) in [6, 6.07) is 0. The van der Waals surface area contributed by atoms with E-state index in [-0.39, 0.29) is 5.82 Å². The molecule has 0 aromatic rings. The second-order valence-electron chi connectivity index (χ2n) is 3.04. The van der Waals surface area contributed by atoms with E-state index < -0.39 is 13.0 Å². The lowest BCUT2D eigenvalue weighted by Crippen LogP contribution is -2.24. The molecule has 0 aromatic heterocycles. The SMILES string of the molecule is NC(=O)C1=CCC(B(O)O)CC1. The molecule has 1 rings (SSSR count). The van der Waals surface area contributed by atoms with Crippen LogP contribution in [0.25, 0.3) is 0 Å². The zero-order chi connectivity index (χ0) is 9.14. The molecule has 1 atom stereocenters. The summed E-state index contributed by atoms with van der Waals surface area (Å²) in [6.07, 6.45) is 3.38. The maximum Gasteiger partial charge on any atom is 0.455 e. The Bertz CT molecular complexity index is 215. The molecule has 1 amide bonds. The molecule has 0 saturated heterocycles. The van der Waals surface area contributed by atoms with Crippen molar-refractivity contribution in [3.05, 3.63) is 11.6 Å². The van der Waals surface area contributed by atoms with Gasteiger partial charge in [0, 0.05) is 5.57 Å². The first-order valence-electron chi connectivity index (χ1n) is 3.96. The normalized spacial score (nSPS) is 23.2. The van der Waals surface area contributed by atoms with Gasteiger partial charge in [-0.15, -0.1) is 0 Å². The van der Waals surface area contributed by atoms with Crippen LogP contribution >= 0.6 is 0 Å². The zero-order valence-electron chi connectivity index (χ0n) is 6.73. The molecule has 4 N–H and O–H groups in total. The van der Waals surface area contributed by atoms with Gasteiger partial charge in [-0.2, -0.15) is 0 Å². The molecule has 0 aliphatic heterocycles. The Morgan fingerprint density at radius 2 is 2.33 bits per heavy atom. The maximum absolute atomic E-state index is 10.7. The maximum atomic E-state index is 10.7. The molecule has 4 nitrogen and oxygen atoms in total. The highest BCUT2D eigenvalue weighted by Gasteiger charge is 2.26. The fraction of sp³-hybridized carbons (Fsp3) is 0.571. The van der Waals surface area contributed by atoms with Crippen molar-refractivity contribution < 1.29 is 14.8 Å². The van der Waals surface area contributed by atoms with E-state index in [4.69, 9.17) is 15.8 Å². The van der Waals surface area contributed by atoms with E-state index in [0.29, 0.717) is 24.8 Å². The van der Waals surface area contributed by atoms with Crippen molar-refractivity contribution in [3.63, 3.8) is 0 Å². The number of primary amides is 1. The minimum atomic E-state index is -1.28. The van der Waals surface area contributed by atoms with Crippen LogP contribution in [0.5, 0.6) is 0 Å². The largest absolute Gasteiger partial charge is 0.455 e. The molecular weight excluding hydrogens is 157 g/mol. The summed E-state index contributed by atoms with van der Waals surface area (Å²) in [5.74, 6) is -0.547. The van der Waals surface area contributed by atoms with Gasteiger partial charge in [-0.3, -0.25) is 4.79 Å². The number of hydrogen-bond acceptors (Lipinski definition) is 3. The number of nitrogens with two attached hydrogens (primary N) is 1. The van der Waals surface area contributed by atoms with Gasteiger partial charge in [0.25, 0.3) is 0 Å². The standard InChI is InChI=1S/C7H12BNO3/c9-7(10)5-1-3-6(4-2-5)8(11)12/h1,6,11-12H,2-4H2,(H2,9,10). The lowest BCUT2D eigenvalue weighted by molar-refractivity contribution is -0.114. The second kappa shape index (κ2) is 3.73. The lowest BCUT2D eigenvalue weighted by atomic mass is 9.66. The zero-order valence-corrected chi connectivity index (χ0v) is 6.73. The van der Waals surface area contributed by atoms with Gasteiger partial charge >= 0.3 is 7.12 Å². The van der Waals surface area contributed by atoms with Crippen molar-refractivity contribution in [3.8, 4) is 0 Å². The fourth-order valence-electron chi connectivity index (χ4n) is 1.35. The minimum absolute atomic E-state index is 0.145. The van der Waals surface area contributed by atoms with Crippen LogP contribution in [0.15, 0.2) is 11.6 Å². The first kappa shape index (κ1) is 9.28. The van der Waals surface area contributed by atoms with Gasteiger partial charge < -0.3 is 15.8 Å². The lowest BCUT2D eigenvalue weighted by Gasteiger charge is -2.19. The Kier molecular flexibility index (Phi) is 2.89. The van der Waals surface area contributed by atoms with Crippen LogP contribution in [0.3, 0.4) is 0 Å². The quantitative estimate of drug-likeness (QED) is 0.483. The van der Waals surface area contributed by atoms with Gasteiger partial charge in [-0.05, 0) is 25.1 Å². The third-order valence-corrected chi connectivity index (χ3v) is 2.19. The van der Waals surface area contributed by atoms with Crippen molar-refractivity contribution >= 4 is 13.0 Å². The van der Waals surface area contributed by atoms with Gasteiger partial charge in [0.05, 0.1) is 0 Å². The first-order valence-corrected chi connectivity index (χ1v) is 3.96. The number of amides is 1. The first-order chi connectivity index (χ1) is 5.61. The fourth-order valence-corrected chi connectivity index (χ4v) is 1.35. The average Bonchev–Trinajstić information content (AvgIpc) is 2.04. The predicted molar refractivity (Wildman–Crippen MR) is 45.1 cm³/mol. The summed E-state index contributed by atoms with van der Waals surface area (Å²) in [5.41, 5.74) is 5.66. The number of carbonyl (C=O) groups is 1. The van der Waals surface area contributed by atoms with E-state index in [9.17, 15) is 4.79 Å². The Hall–Kier alpha value is -0.805. The molecule has 0 heterocycles. The van der Waals surface area contributed by atoms with Gasteiger partial charge in [-0.25, -0.2) is 0 Å². The van der Waals surface area contributed by atoms with E-state index in [1.54, 1.807) is 6.08 Å². The summed E-state index contributed by atoms with van der Waals surface area (Å²) in [4.78, 5) is 10.7. The van der Waals surface area contributed by atoms with Gasteiger partial charge in [-0.1, -0.05) is 6.08 Å². The average molecular weight is 169 g/mol. The Balaban J connectivity index is 2.53. The molecule has 5 heteroatoms. The van der Waals surface area contributed by atoms with Crippen molar-refractivity contribution in [2.75, 3.05) is 0 Å². The molecule has 1 unspecified atom stereocenters. The Morgan fingerprint density at radius 3 is 2.67 bits per heavy atom. The number of allylic oxidation sites excluding steroid dienone is 1. The molecular formula is C7H12BNO3. The highest BCUT2D eigenvalue weighted by Crippen LogP contribution is 2.28. The molecule has 12 heavy (non-hydrogen) atoms. The highest BCUT2D eigenvalue weighted by atomic mass is 16.4. The van der Waals surface area contributed by atoms with E-state index in [1.807, 2.05) is 0 Å². The van der Waals surface area contributed by atoms with Crippen LogP contribution in [0.2, 0.25) is 5.82 Å². The Morgan fingerprint density at radius 1 is 1.67 bits per heavy atom. The summed E-state index contributed by atoms with van der Waals surface area (Å²) < 4.78 is 0. The third kappa shape index (κ3) is 2.09. The predicted octanol–water partition coefficient (Wildman–Crippen LogP) is -0.575. The second-order valence-corrected chi connectivity index (χ2v) is 3.04. The van der Waals surface area contributed by atoms with E-state index >= 15 is 0 Å². The number of hydrogen-bond donors (Lipinski definition) is 3. The van der Waals surface area contributed by atoms with E-state index in [2.05, 4.69) is 0 Å². The molecule has 0 bridgehead atoms. The third-order valence-electron chi connectivity index (χ3n) is 2.19. The molecule has 0 spiro atoms. The van der Waals surface area contributed by atoms with Crippen LogP contribution in [0.4, 0.5) is 0 Å². The molecule has 66 valence electrons. The van der Waals surface area contributed by atoms with Crippen LogP contribution in [-0.4, -0.2) is 23.1 Å². The number of rotatable bonds is 2. The van der Waals surface area contributed by atoms with Crippen molar-refractivity contribution in [2.24, 2.45) is 5.73 Å². The van der Waals surface area contributed by atoms with Crippen molar-refractivity contribution in [1.82, 2.24) is 0 Å². The summed E-state index contributed by atoms with van der Waals surface area (Å²) in [5, 5.41) is 17.6. The molecule has 0 saturated carbocycles. The number of carbonyl (C=O) groups excluding carboxylic acids is 1. The van der Waals surface area contributed by atoms with Crippen molar-refractivity contribution in [1.29, 1.82) is 0 Å². The van der Waals surface area contributed by atoms with Gasteiger partial charge in [0.2, 0.25) is 5.91 Å².